The predicted octanol–water partition coefficient (Wildman–Crippen LogP) is 2.26. The minimum absolute atomic E-state index is 0.511. The molecule has 1 heterocycles. The van der Waals surface area contributed by atoms with Gasteiger partial charge in [-0.05, 0) is 19.0 Å². The molecule has 1 aromatic rings. The van der Waals surface area contributed by atoms with Crippen molar-refractivity contribution in [3.63, 3.8) is 0 Å². The second-order valence-electron chi connectivity index (χ2n) is 3.55. The quantitative estimate of drug-likeness (QED) is 0.777. The van der Waals surface area contributed by atoms with Gasteiger partial charge in [0.25, 0.3) is 0 Å². The summed E-state index contributed by atoms with van der Waals surface area (Å²) in [5.41, 5.74) is 0.775. The third-order valence-electron chi connectivity index (χ3n) is 2.36. The lowest BCUT2D eigenvalue weighted by atomic mass is 10.2. The first-order valence-corrected chi connectivity index (χ1v) is 6.64. The van der Waals surface area contributed by atoms with E-state index in [-0.39, 0.29) is 0 Å². The van der Waals surface area contributed by atoms with Crippen LogP contribution in [0.4, 0.5) is 0 Å². The van der Waals surface area contributed by atoms with Gasteiger partial charge in [0.15, 0.2) is 5.78 Å². The summed E-state index contributed by atoms with van der Waals surface area (Å²) in [6.45, 7) is 2.71. The average Bonchev–Trinajstić information content (AvgIpc) is 2.45. The highest BCUT2D eigenvalue weighted by Gasteiger charge is 2.42. The fourth-order valence-corrected chi connectivity index (χ4v) is 3.14. The molecule has 82 valence electrons. The fourth-order valence-electron chi connectivity index (χ4n) is 1.67. The summed E-state index contributed by atoms with van der Waals surface area (Å²) in [5.74, 6) is -0.0643. The van der Waals surface area contributed by atoms with Crippen molar-refractivity contribution in [2.24, 2.45) is 0 Å². The zero-order valence-corrected chi connectivity index (χ0v) is 9.41. The van der Waals surface area contributed by atoms with E-state index in [1.165, 1.54) is 0 Å². The van der Waals surface area contributed by atoms with Gasteiger partial charge in [0.1, 0.15) is 5.75 Å². The van der Waals surface area contributed by atoms with Crippen LogP contribution in [0.25, 0.3) is 0 Å². The normalized spacial score (nSPS) is 28.5. The minimum atomic E-state index is -3.58. The highest BCUT2D eigenvalue weighted by molar-refractivity contribution is 7.54. The molecule has 0 fully saturated rings. The molecule has 2 unspecified atom stereocenters. The topological polar surface area (TPSA) is 58.6 Å². The van der Waals surface area contributed by atoms with E-state index in [9.17, 15) is 9.46 Å². The largest absolute Gasteiger partial charge is 0.423 e. The molecule has 1 aliphatic heterocycles. The lowest BCUT2D eigenvalue weighted by Gasteiger charge is -2.14. The second kappa shape index (κ2) is 3.97. The summed E-state index contributed by atoms with van der Waals surface area (Å²) in [5, 5.41) is 3.04. The van der Waals surface area contributed by atoms with Gasteiger partial charge in [0.05, 0.1) is 0 Å². The highest BCUT2D eigenvalue weighted by atomic mass is 31.2. The molecule has 0 bridgehead atoms. The van der Waals surface area contributed by atoms with Crippen LogP contribution in [0.2, 0.25) is 0 Å². The zero-order valence-electron chi connectivity index (χ0n) is 8.51. The van der Waals surface area contributed by atoms with Crippen molar-refractivity contribution in [1.82, 2.24) is 5.32 Å². The van der Waals surface area contributed by atoms with Crippen molar-refractivity contribution in [2.75, 3.05) is 6.54 Å². The molecule has 0 spiro atoms. The summed E-state index contributed by atoms with van der Waals surface area (Å²) in [7, 11) is -3.58. The number of fused-ring (bicyclic) bond motifs is 1. The van der Waals surface area contributed by atoms with Gasteiger partial charge in [-0.15, -0.1) is 0 Å². The van der Waals surface area contributed by atoms with Crippen molar-refractivity contribution < 1.29 is 14.0 Å². The molecule has 0 aromatic heterocycles. The molecular weight excluding hydrogens is 213 g/mol. The summed E-state index contributed by atoms with van der Waals surface area (Å²) in [4.78, 5) is 9.67. The molecule has 0 saturated carbocycles. The number of para-hydroxylation sites is 1. The van der Waals surface area contributed by atoms with Crippen LogP contribution >= 0.6 is 7.60 Å². The van der Waals surface area contributed by atoms with E-state index in [2.05, 4.69) is 5.32 Å². The Morgan fingerprint density at radius 2 is 2.27 bits per heavy atom. The second-order valence-corrected chi connectivity index (χ2v) is 5.38. The SMILES string of the molecule is CCCNC1c2ccccc2OP1(=O)O. The summed E-state index contributed by atoms with van der Waals surface area (Å²) in [6, 6.07) is 7.17. The van der Waals surface area contributed by atoms with E-state index in [1.807, 2.05) is 19.1 Å². The van der Waals surface area contributed by atoms with Gasteiger partial charge in [0.2, 0.25) is 0 Å². The van der Waals surface area contributed by atoms with Crippen molar-refractivity contribution >= 4 is 7.60 Å². The van der Waals surface area contributed by atoms with E-state index < -0.39 is 13.4 Å². The molecule has 2 N–H and O–H groups in total. The first-order valence-electron chi connectivity index (χ1n) is 4.99. The Kier molecular flexibility index (Phi) is 2.83. The van der Waals surface area contributed by atoms with Crippen molar-refractivity contribution in [3.8, 4) is 5.75 Å². The van der Waals surface area contributed by atoms with Gasteiger partial charge in [-0.3, -0.25) is 5.32 Å². The number of hydrogen-bond acceptors (Lipinski definition) is 3. The lowest BCUT2D eigenvalue weighted by molar-refractivity contribution is 0.375. The molecule has 1 aliphatic rings. The van der Waals surface area contributed by atoms with Crippen LogP contribution in [-0.2, 0) is 4.57 Å². The van der Waals surface area contributed by atoms with Gasteiger partial charge in [-0.25, -0.2) is 4.57 Å². The molecule has 2 rings (SSSR count). The van der Waals surface area contributed by atoms with E-state index in [1.54, 1.807) is 12.1 Å². The maximum absolute atomic E-state index is 11.8. The minimum Gasteiger partial charge on any atom is -0.423 e. The van der Waals surface area contributed by atoms with Crippen LogP contribution in [0.3, 0.4) is 0 Å². The Morgan fingerprint density at radius 1 is 1.53 bits per heavy atom. The number of rotatable bonds is 3. The molecule has 0 amide bonds. The van der Waals surface area contributed by atoms with Crippen molar-refractivity contribution in [2.45, 2.75) is 19.1 Å². The van der Waals surface area contributed by atoms with Gasteiger partial charge in [-0.1, -0.05) is 25.1 Å². The molecule has 5 heteroatoms. The Balaban J connectivity index is 2.30. The van der Waals surface area contributed by atoms with Gasteiger partial charge in [-0.2, -0.15) is 0 Å². The number of benzene rings is 1. The van der Waals surface area contributed by atoms with Gasteiger partial charge < -0.3 is 9.42 Å². The van der Waals surface area contributed by atoms with E-state index in [0.717, 1.165) is 12.0 Å². The Morgan fingerprint density at radius 3 is 3.00 bits per heavy atom. The van der Waals surface area contributed by atoms with Gasteiger partial charge >= 0.3 is 7.60 Å². The van der Waals surface area contributed by atoms with E-state index in [0.29, 0.717) is 12.3 Å². The molecule has 0 aliphatic carbocycles. The van der Waals surface area contributed by atoms with Crippen LogP contribution in [0.15, 0.2) is 24.3 Å². The zero-order chi connectivity index (χ0) is 10.9. The third kappa shape index (κ3) is 1.93. The van der Waals surface area contributed by atoms with E-state index in [4.69, 9.17) is 4.52 Å². The van der Waals surface area contributed by atoms with Crippen LogP contribution in [0.1, 0.15) is 24.7 Å². The maximum atomic E-state index is 11.8. The van der Waals surface area contributed by atoms with Crippen LogP contribution in [0.5, 0.6) is 5.75 Å². The summed E-state index contributed by atoms with van der Waals surface area (Å²) in [6.07, 6.45) is 0.915. The Bertz CT molecular complexity index is 407. The average molecular weight is 227 g/mol. The molecule has 0 saturated heterocycles. The monoisotopic (exact) mass is 227 g/mol. The van der Waals surface area contributed by atoms with Crippen molar-refractivity contribution in [1.29, 1.82) is 0 Å². The molecule has 0 radical (unpaired) electrons. The smallest absolute Gasteiger partial charge is 0.398 e. The lowest BCUT2D eigenvalue weighted by Crippen LogP contribution is -2.20. The fraction of sp³-hybridized carbons (Fsp3) is 0.400. The molecule has 2 atom stereocenters. The Hall–Kier alpha value is -0.830. The van der Waals surface area contributed by atoms with Gasteiger partial charge in [0, 0.05) is 5.56 Å². The summed E-state index contributed by atoms with van der Waals surface area (Å²) < 4.78 is 16.8. The molecule has 4 nitrogen and oxygen atoms in total. The molecule has 15 heavy (non-hydrogen) atoms. The van der Waals surface area contributed by atoms with Crippen LogP contribution in [0, 0.1) is 0 Å². The summed E-state index contributed by atoms with van der Waals surface area (Å²) >= 11 is 0. The maximum Gasteiger partial charge on any atom is 0.398 e. The first kappa shape index (κ1) is 10.7. The number of hydrogen-bond donors (Lipinski definition) is 2. The van der Waals surface area contributed by atoms with Crippen molar-refractivity contribution in [3.05, 3.63) is 29.8 Å². The van der Waals surface area contributed by atoms with E-state index >= 15 is 0 Å². The molecular formula is C10H14NO3P. The molecule has 1 aromatic carbocycles. The third-order valence-corrected chi connectivity index (χ3v) is 3.93. The first-order chi connectivity index (χ1) is 7.15. The van der Waals surface area contributed by atoms with Crippen LogP contribution < -0.4 is 9.84 Å². The standard InChI is InChI=1S/C10H14NO3P/c1-2-7-11-10-8-5-3-4-6-9(8)14-15(10,12)13/h3-6,10-11H,2,7H2,1H3,(H,12,13). The number of nitrogens with one attached hydrogen (secondary N) is 1. The Labute approximate surface area is 88.8 Å². The van der Waals surface area contributed by atoms with Crippen LogP contribution in [-0.4, -0.2) is 11.4 Å². The highest BCUT2D eigenvalue weighted by Crippen LogP contribution is 2.62. The predicted molar refractivity (Wildman–Crippen MR) is 57.9 cm³/mol.